The highest BCUT2D eigenvalue weighted by Crippen LogP contribution is 2.33. The molecule has 27 heavy (non-hydrogen) atoms. The quantitative estimate of drug-likeness (QED) is 0.683. The fourth-order valence-corrected chi connectivity index (χ4v) is 3.34. The maximum atomic E-state index is 13.3. The Kier molecular flexibility index (Phi) is 8.51. The molecular formula is C20H30FN3O3. The molecule has 6 nitrogen and oxygen atoms in total. The number of carbonyl (C=O) groups excluding carboxylic acids is 2. The van der Waals surface area contributed by atoms with Crippen molar-refractivity contribution in [1.82, 2.24) is 15.5 Å². The molecule has 1 aromatic carbocycles. The minimum absolute atomic E-state index is 0.0593. The largest absolute Gasteiger partial charge is 0.383 e. The highest BCUT2D eigenvalue weighted by Gasteiger charge is 2.35. The average Bonchev–Trinajstić information content (AvgIpc) is 2.68. The van der Waals surface area contributed by atoms with Gasteiger partial charge in [-0.05, 0) is 37.0 Å². The van der Waals surface area contributed by atoms with Crippen molar-refractivity contribution in [3.63, 3.8) is 0 Å². The molecule has 2 N–H and O–H groups in total. The number of urea groups is 1. The van der Waals surface area contributed by atoms with Crippen LogP contribution in [0.3, 0.4) is 0 Å². The highest BCUT2D eigenvalue weighted by atomic mass is 19.1. The maximum absolute atomic E-state index is 13.3. The third-order valence-electron chi connectivity index (χ3n) is 4.88. The van der Waals surface area contributed by atoms with Gasteiger partial charge in [-0.2, -0.15) is 0 Å². The summed E-state index contributed by atoms with van der Waals surface area (Å²) in [6.45, 7) is 3.92. The van der Waals surface area contributed by atoms with E-state index in [-0.39, 0.29) is 29.7 Å². The van der Waals surface area contributed by atoms with Crippen molar-refractivity contribution in [2.75, 3.05) is 33.4 Å². The van der Waals surface area contributed by atoms with Crippen LogP contribution in [-0.2, 0) is 9.53 Å². The molecule has 1 heterocycles. The van der Waals surface area contributed by atoms with E-state index in [1.165, 1.54) is 12.1 Å². The number of carbonyl (C=O) groups is 2. The van der Waals surface area contributed by atoms with E-state index in [1.807, 2.05) is 0 Å². The first-order chi connectivity index (χ1) is 13.1. The molecule has 0 spiro atoms. The van der Waals surface area contributed by atoms with Gasteiger partial charge in [0.1, 0.15) is 5.82 Å². The molecule has 2 unspecified atom stereocenters. The second kappa shape index (κ2) is 10.9. The smallest absolute Gasteiger partial charge is 0.317 e. The zero-order valence-electron chi connectivity index (χ0n) is 16.2. The summed E-state index contributed by atoms with van der Waals surface area (Å²) in [7, 11) is 1.59. The Hall–Kier alpha value is -2.15. The number of rotatable bonds is 8. The molecule has 2 rings (SSSR count). The Bertz CT molecular complexity index is 609. The number of hydrogen-bond acceptors (Lipinski definition) is 3. The summed E-state index contributed by atoms with van der Waals surface area (Å²) in [5.41, 5.74) is 0.889. The fourth-order valence-electron chi connectivity index (χ4n) is 3.34. The number of methoxy groups -OCH3 is 1. The number of nitrogens with one attached hydrogen (secondary N) is 2. The van der Waals surface area contributed by atoms with Crippen molar-refractivity contribution >= 4 is 11.9 Å². The second-order valence-corrected chi connectivity index (χ2v) is 6.86. The molecule has 150 valence electrons. The molecule has 3 amide bonds. The summed E-state index contributed by atoms with van der Waals surface area (Å²) in [5, 5.41) is 5.79. The predicted octanol–water partition coefficient (Wildman–Crippen LogP) is 2.85. The lowest BCUT2D eigenvalue weighted by Crippen LogP contribution is -2.50. The van der Waals surface area contributed by atoms with Gasteiger partial charge in [-0.3, -0.25) is 4.79 Å². The van der Waals surface area contributed by atoms with E-state index < -0.39 is 0 Å². The molecular weight excluding hydrogens is 349 g/mol. The van der Waals surface area contributed by atoms with Crippen LogP contribution < -0.4 is 10.6 Å². The Morgan fingerprint density at radius 3 is 2.59 bits per heavy atom. The molecule has 0 aromatic heterocycles. The van der Waals surface area contributed by atoms with Crippen molar-refractivity contribution in [2.45, 2.75) is 38.6 Å². The number of ether oxygens (including phenoxy) is 1. The summed E-state index contributed by atoms with van der Waals surface area (Å²) < 4.78 is 18.2. The third kappa shape index (κ3) is 6.20. The van der Waals surface area contributed by atoms with E-state index in [0.717, 1.165) is 18.4 Å². The van der Waals surface area contributed by atoms with Gasteiger partial charge >= 0.3 is 6.03 Å². The van der Waals surface area contributed by atoms with E-state index in [1.54, 1.807) is 24.1 Å². The highest BCUT2D eigenvalue weighted by molar-refractivity contribution is 5.81. The van der Waals surface area contributed by atoms with E-state index >= 15 is 0 Å². The molecule has 1 saturated heterocycles. The van der Waals surface area contributed by atoms with Gasteiger partial charge in [-0.15, -0.1) is 0 Å². The van der Waals surface area contributed by atoms with Crippen molar-refractivity contribution in [3.05, 3.63) is 35.6 Å². The van der Waals surface area contributed by atoms with Gasteiger partial charge in [0.05, 0.1) is 18.6 Å². The van der Waals surface area contributed by atoms with Crippen LogP contribution in [0.5, 0.6) is 0 Å². The average molecular weight is 379 g/mol. The molecule has 0 saturated carbocycles. The van der Waals surface area contributed by atoms with E-state index in [4.69, 9.17) is 4.74 Å². The molecule has 1 aromatic rings. The van der Waals surface area contributed by atoms with Crippen molar-refractivity contribution in [1.29, 1.82) is 0 Å². The van der Waals surface area contributed by atoms with Crippen LogP contribution in [-0.4, -0.2) is 50.2 Å². The molecule has 2 atom stereocenters. The number of piperidine rings is 1. The van der Waals surface area contributed by atoms with Gasteiger partial charge in [-0.1, -0.05) is 25.5 Å². The number of hydrogen-bond donors (Lipinski definition) is 2. The zero-order chi connectivity index (χ0) is 19.6. The summed E-state index contributed by atoms with van der Waals surface area (Å²) in [5.74, 6) is -0.615. The number of nitrogens with zero attached hydrogens (tertiary/aromatic N) is 1. The fraction of sp³-hybridized carbons (Fsp3) is 0.600. The molecule has 0 radical (unpaired) electrons. The minimum atomic E-state index is -0.302. The second-order valence-electron chi connectivity index (χ2n) is 6.86. The van der Waals surface area contributed by atoms with Crippen LogP contribution in [0, 0.1) is 11.7 Å². The lowest BCUT2D eigenvalue weighted by atomic mass is 9.88. The number of likely N-dealkylation sites (tertiary alicyclic amines) is 1. The van der Waals surface area contributed by atoms with E-state index in [0.29, 0.717) is 39.1 Å². The number of halogens is 1. The van der Waals surface area contributed by atoms with Crippen LogP contribution in [0.2, 0.25) is 0 Å². The Morgan fingerprint density at radius 1 is 1.19 bits per heavy atom. The van der Waals surface area contributed by atoms with Crippen molar-refractivity contribution < 1.29 is 18.7 Å². The summed E-state index contributed by atoms with van der Waals surface area (Å²) >= 11 is 0. The molecule has 0 aliphatic carbocycles. The van der Waals surface area contributed by atoms with Gasteiger partial charge in [0, 0.05) is 26.7 Å². The first-order valence-electron chi connectivity index (χ1n) is 9.63. The minimum Gasteiger partial charge on any atom is -0.383 e. The third-order valence-corrected chi connectivity index (χ3v) is 4.88. The Balaban J connectivity index is 2.08. The Labute approximate surface area is 160 Å². The van der Waals surface area contributed by atoms with Crippen molar-refractivity contribution in [2.24, 2.45) is 5.92 Å². The van der Waals surface area contributed by atoms with Gasteiger partial charge in [0.25, 0.3) is 0 Å². The van der Waals surface area contributed by atoms with Gasteiger partial charge in [0.15, 0.2) is 0 Å². The van der Waals surface area contributed by atoms with Crippen molar-refractivity contribution in [3.8, 4) is 0 Å². The van der Waals surface area contributed by atoms with Crippen LogP contribution in [0.25, 0.3) is 0 Å². The van der Waals surface area contributed by atoms with Gasteiger partial charge in [-0.25, -0.2) is 9.18 Å². The van der Waals surface area contributed by atoms with Crippen LogP contribution >= 0.6 is 0 Å². The Morgan fingerprint density at radius 2 is 1.93 bits per heavy atom. The first kappa shape index (κ1) is 21.2. The lowest BCUT2D eigenvalue weighted by Gasteiger charge is -2.39. The summed E-state index contributed by atoms with van der Waals surface area (Å²) in [6, 6.07) is 5.91. The maximum Gasteiger partial charge on any atom is 0.317 e. The monoisotopic (exact) mass is 379 g/mol. The van der Waals surface area contributed by atoms with Gasteiger partial charge in [0.2, 0.25) is 5.91 Å². The molecule has 1 aliphatic rings. The number of unbranched alkanes of at least 4 members (excludes halogenated alkanes) is 1. The standard InChI is InChI=1S/C20H30FN3O3/c1-3-4-11-23-20(26)24-14-16(19(25)22-12-13-27-2)7-10-18(24)15-5-8-17(21)9-6-15/h5-6,8-9,16,18H,3-4,7,10-14H2,1-2H3,(H,22,25)(H,23,26). The van der Waals surface area contributed by atoms with Crippen LogP contribution in [0.1, 0.15) is 44.2 Å². The predicted molar refractivity (Wildman–Crippen MR) is 102 cm³/mol. The number of benzene rings is 1. The topological polar surface area (TPSA) is 70.7 Å². The lowest BCUT2D eigenvalue weighted by molar-refractivity contribution is -0.127. The van der Waals surface area contributed by atoms with Crippen LogP contribution in [0.15, 0.2) is 24.3 Å². The van der Waals surface area contributed by atoms with Crippen LogP contribution in [0.4, 0.5) is 9.18 Å². The van der Waals surface area contributed by atoms with E-state index in [9.17, 15) is 14.0 Å². The SMILES string of the molecule is CCCCNC(=O)N1CC(C(=O)NCCOC)CCC1c1ccc(F)cc1. The zero-order valence-corrected chi connectivity index (χ0v) is 16.2. The summed E-state index contributed by atoms with van der Waals surface area (Å²) in [6.07, 6.45) is 3.24. The number of amides is 3. The van der Waals surface area contributed by atoms with Gasteiger partial charge < -0.3 is 20.3 Å². The molecule has 1 fully saturated rings. The van der Waals surface area contributed by atoms with E-state index in [2.05, 4.69) is 17.6 Å². The molecule has 0 bridgehead atoms. The molecule has 1 aliphatic heterocycles. The summed E-state index contributed by atoms with van der Waals surface area (Å²) in [4.78, 5) is 26.9. The molecule has 7 heteroatoms. The normalized spacial score (nSPS) is 19.6. The first-order valence-corrected chi connectivity index (χ1v) is 9.63.